The number of furan rings is 1. The van der Waals surface area contributed by atoms with E-state index in [9.17, 15) is 4.79 Å². The highest BCUT2D eigenvalue weighted by atomic mass is 32.2. The molecule has 0 radical (unpaired) electrons. The highest BCUT2D eigenvalue weighted by Gasteiger charge is 2.16. The van der Waals surface area contributed by atoms with E-state index in [0.717, 1.165) is 11.6 Å². The quantitative estimate of drug-likeness (QED) is 0.812. The molecule has 0 unspecified atom stereocenters. The van der Waals surface area contributed by atoms with Gasteiger partial charge in [0.2, 0.25) is 5.91 Å². The van der Waals surface area contributed by atoms with Crippen molar-refractivity contribution in [2.45, 2.75) is 31.5 Å². The van der Waals surface area contributed by atoms with Gasteiger partial charge < -0.3 is 10.2 Å². The van der Waals surface area contributed by atoms with E-state index in [-0.39, 0.29) is 17.6 Å². The third-order valence-corrected chi connectivity index (χ3v) is 3.49. The van der Waals surface area contributed by atoms with Crippen LogP contribution in [0.25, 0.3) is 0 Å². The van der Waals surface area contributed by atoms with Crippen molar-refractivity contribution in [2.75, 3.05) is 5.75 Å². The lowest BCUT2D eigenvalue weighted by atomic mass is 10.2. The zero-order valence-electron chi connectivity index (χ0n) is 10.9. The molecule has 2 aromatic heterocycles. The monoisotopic (exact) mass is 280 g/mol. The summed E-state index contributed by atoms with van der Waals surface area (Å²) in [6.07, 6.45) is 1.63. The molecule has 0 aliphatic rings. The molecule has 19 heavy (non-hydrogen) atoms. The Hall–Kier alpha value is -1.76. The number of carbonyl (C=O) groups excluding carboxylic acids is 1. The third-order valence-electron chi connectivity index (χ3n) is 2.50. The number of nitrogens with zero attached hydrogens (tertiary/aromatic N) is 3. The molecule has 102 valence electrons. The van der Waals surface area contributed by atoms with E-state index in [1.807, 2.05) is 30.5 Å². The molecule has 0 fully saturated rings. The van der Waals surface area contributed by atoms with Crippen LogP contribution in [0.3, 0.4) is 0 Å². The predicted molar refractivity (Wildman–Crippen MR) is 71.8 cm³/mol. The van der Waals surface area contributed by atoms with Crippen molar-refractivity contribution in [1.82, 2.24) is 14.8 Å². The largest absolute Gasteiger partial charge is 0.467 e. The SMILES string of the molecule is CC(C)c1nnc(SCC(N)=O)n1Cc1ccco1. The lowest BCUT2D eigenvalue weighted by Gasteiger charge is -2.10. The molecule has 0 atom stereocenters. The lowest BCUT2D eigenvalue weighted by Crippen LogP contribution is -2.14. The predicted octanol–water partition coefficient (Wildman–Crippen LogP) is 1.62. The standard InChI is InChI=1S/C12H16N4O2S/c1-8(2)11-14-15-12(19-7-10(13)17)16(11)6-9-4-3-5-18-9/h3-5,8H,6-7H2,1-2H3,(H2,13,17). The minimum Gasteiger partial charge on any atom is -0.467 e. The van der Waals surface area contributed by atoms with E-state index in [0.29, 0.717) is 11.7 Å². The van der Waals surface area contributed by atoms with Gasteiger partial charge in [0, 0.05) is 5.92 Å². The molecule has 0 spiro atoms. The van der Waals surface area contributed by atoms with Gasteiger partial charge >= 0.3 is 0 Å². The number of hydrogen-bond acceptors (Lipinski definition) is 5. The van der Waals surface area contributed by atoms with Gasteiger partial charge in [0.25, 0.3) is 0 Å². The van der Waals surface area contributed by atoms with Crippen LogP contribution in [0.1, 0.15) is 31.4 Å². The van der Waals surface area contributed by atoms with Crippen LogP contribution in [-0.4, -0.2) is 26.4 Å². The van der Waals surface area contributed by atoms with Crippen LogP contribution in [-0.2, 0) is 11.3 Å². The van der Waals surface area contributed by atoms with E-state index in [1.54, 1.807) is 6.26 Å². The number of aromatic nitrogens is 3. The van der Waals surface area contributed by atoms with Gasteiger partial charge in [0.05, 0.1) is 18.6 Å². The fourth-order valence-corrected chi connectivity index (χ4v) is 2.36. The Morgan fingerprint density at radius 2 is 2.32 bits per heavy atom. The van der Waals surface area contributed by atoms with Gasteiger partial charge in [-0.3, -0.25) is 9.36 Å². The van der Waals surface area contributed by atoms with Crippen molar-refractivity contribution >= 4 is 17.7 Å². The van der Waals surface area contributed by atoms with Crippen LogP contribution < -0.4 is 5.73 Å². The van der Waals surface area contributed by atoms with E-state index >= 15 is 0 Å². The molecule has 0 saturated carbocycles. The molecule has 2 rings (SSSR count). The average Bonchev–Trinajstić information content (AvgIpc) is 2.96. The van der Waals surface area contributed by atoms with Crippen molar-refractivity contribution < 1.29 is 9.21 Å². The Morgan fingerprint density at radius 3 is 2.89 bits per heavy atom. The van der Waals surface area contributed by atoms with Crippen LogP contribution >= 0.6 is 11.8 Å². The molecule has 2 heterocycles. The van der Waals surface area contributed by atoms with Crippen LogP contribution in [0.15, 0.2) is 28.0 Å². The third kappa shape index (κ3) is 3.37. The van der Waals surface area contributed by atoms with Crippen LogP contribution in [0.2, 0.25) is 0 Å². The summed E-state index contributed by atoms with van der Waals surface area (Å²) in [6.45, 7) is 4.64. The van der Waals surface area contributed by atoms with Crippen LogP contribution in [0, 0.1) is 0 Å². The molecule has 6 nitrogen and oxygen atoms in total. The van der Waals surface area contributed by atoms with Gasteiger partial charge in [-0.05, 0) is 12.1 Å². The highest BCUT2D eigenvalue weighted by molar-refractivity contribution is 7.99. The molecular weight excluding hydrogens is 264 g/mol. The molecule has 0 aromatic carbocycles. The van der Waals surface area contributed by atoms with Gasteiger partial charge in [0.1, 0.15) is 11.6 Å². The Kier molecular flexibility index (Phi) is 4.26. The van der Waals surface area contributed by atoms with E-state index in [4.69, 9.17) is 10.2 Å². The van der Waals surface area contributed by atoms with Gasteiger partial charge in [-0.15, -0.1) is 10.2 Å². The molecule has 2 N–H and O–H groups in total. The lowest BCUT2D eigenvalue weighted by molar-refractivity contribution is -0.115. The maximum atomic E-state index is 10.9. The summed E-state index contributed by atoms with van der Waals surface area (Å²) in [6, 6.07) is 3.73. The van der Waals surface area contributed by atoms with Crippen molar-refractivity contribution in [3.63, 3.8) is 0 Å². The Balaban J connectivity index is 2.25. The molecule has 0 aliphatic carbocycles. The summed E-state index contributed by atoms with van der Waals surface area (Å²) in [5, 5.41) is 8.97. The van der Waals surface area contributed by atoms with Crippen molar-refractivity contribution in [1.29, 1.82) is 0 Å². The first-order chi connectivity index (χ1) is 9.08. The highest BCUT2D eigenvalue weighted by Crippen LogP contribution is 2.22. The number of hydrogen-bond donors (Lipinski definition) is 1. The first-order valence-electron chi connectivity index (χ1n) is 5.94. The van der Waals surface area contributed by atoms with E-state index < -0.39 is 0 Å². The fourth-order valence-electron chi connectivity index (χ4n) is 1.68. The van der Waals surface area contributed by atoms with E-state index in [1.165, 1.54) is 11.8 Å². The van der Waals surface area contributed by atoms with Crippen molar-refractivity contribution in [2.24, 2.45) is 5.73 Å². The normalized spacial score (nSPS) is 11.1. The Morgan fingerprint density at radius 1 is 1.53 bits per heavy atom. The summed E-state index contributed by atoms with van der Waals surface area (Å²) in [5.74, 6) is 1.74. The van der Waals surface area contributed by atoms with Gasteiger partial charge in [-0.1, -0.05) is 25.6 Å². The van der Waals surface area contributed by atoms with Gasteiger partial charge in [-0.25, -0.2) is 0 Å². The fraction of sp³-hybridized carbons (Fsp3) is 0.417. The Labute approximate surface area is 115 Å². The first-order valence-corrected chi connectivity index (χ1v) is 6.93. The first kappa shape index (κ1) is 13.7. The molecule has 0 bridgehead atoms. The van der Waals surface area contributed by atoms with Crippen molar-refractivity contribution in [3.8, 4) is 0 Å². The number of rotatable bonds is 6. The molecule has 2 aromatic rings. The smallest absolute Gasteiger partial charge is 0.227 e. The maximum absolute atomic E-state index is 10.9. The number of thioether (sulfide) groups is 1. The molecule has 1 amide bonds. The summed E-state index contributed by atoms with van der Waals surface area (Å²) in [7, 11) is 0. The minimum absolute atomic E-state index is 0.189. The van der Waals surface area contributed by atoms with Crippen LogP contribution in [0.4, 0.5) is 0 Å². The number of carbonyl (C=O) groups is 1. The minimum atomic E-state index is -0.372. The average molecular weight is 280 g/mol. The number of nitrogens with two attached hydrogens (primary N) is 1. The maximum Gasteiger partial charge on any atom is 0.227 e. The topological polar surface area (TPSA) is 86.9 Å². The van der Waals surface area contributed by atoms with Gasteiger partial charge in [0.15, 0.2) is 5.16 Å². The second kappa shape index (κ2) is 5.92. The number of amides is 1. The second-order valence-corrected chi connectivity index (χ2v) is 5.36. The Bertz CT molecular complexity index is 548. The zero-order chi connectivity index (χ0) is 13.8. The van der Waals surface area contributed by atoms with Gasteiger partial charge in [-0.2, -0.15) is 0 Å². The second-order valence-electron chi connectivity index (χ2n) is 4.42. The zero-order valence-corrected chi connectivity index (χ0v) is 11.7. The van der Waals surface area contributed by atoms with Crippen LogP contribution in [0.5, 0.6) is 0 Å². The molecule has 0 aliphatic heterocycles. The van der Waals surface area contributed by atoms with Crippen molar-refractivity contribution in [3.05, 3.63) is 30.0 Å². The molecule has 7 heteroatoms. The molecule has 0 saturated heterocycles. The number of primary amides is 1. The van der Waals surface area contributed by atoms with E-state index in [2.05, 4.69) is 10.2 Å². The summed E-state index contributed by atoms with van der Waals surface area (Å²) < 4.78 is 7.30. The molecular formula is C12H16N4O2S. The summed E-state index contributed by atoms with van der Waals surface area (Å²) in [5.41, 5.74) is 5.16. The summed E-state index contributed by atoms with van der Waals surface area (Å²) >= 11 is 1.29. The summed E-state index contributed by atoms with van der Waals surface area (Å²) in [4.78, 5) is 10.9.